The first-order chi connectivity index (χ1) is 11.1. The third-order valence-electron chi connectivity index (χ3n) is 4.74. The fourth-order valence-corrected chi connectivity index (χ4v) is 3.45. The summed E-state index contributed by atoms with van der Waals surface area (Å²) in [6, 6.07) is 16.3. The molecule has 1 atom stereocenters. The van der Waals surface area contributed by atoms with E-state index in [1.807, 2.05) is 30.5 Å². The van der Waals surface area contributed by atoms with Crippen LogP contribution in [0.5, 0.6) is 5.75 Å². The monoisotopic (exact) mass is 306 g/mol. The molecule has 0 heterocycles. The van der Waals surface area contributed by atoms with E-state index >= 15 is 0 Å². The van der Waals surface area contributed by atoms with Crippen molar-refractivity contribution in [2.45, 2.75) is 32.1 Å². The minimum absolute atomic E-state index is 0.0181. The van der Waals surface area contributed by atoms with E-state index in [4.69, 9.17) is 4.74 Å². The van der Waals surface area contributed by atoms with Crippen LogP contribution in [0.15, 0.2) is 70.5 Å². The summed E-state index contributed by atoms with van der Waals surface area (Å²) in [5, 5.41) is 8.67. The van der Waals surface area contributed by atoms with Crippen LogP contribution in [0.25, 0.3) is 0 Å². The summed E-state index contributed by atoms with van der Waals surface area (Å²) in [4.78, 5) is 0. The molecule has 3 nitrogen and oxygen atoms in total. The molecular weight excluding hydrogens is 284 g/mol. The van der Waals surface area contributed by atoms with Crippen molar-refractivity contribution >= 4 is 5.69 Å². The van der Waals surface area contributed by atoms with Gasteiger partial charge in [-0.3, -0.25) is 0 Å². The van der Waals surface area contributed by atoms with Crippen molar-refractivity contribution in [3.8, 4) is 5.75 Å². The highest BCUT2D eigenvalue weighted by Crippen LogP contribution is 2.49. The van der Waals surface area contributed by atoms with Crippen LogP contribution in [0, 0.1) is 0 Å². The number of hydrogen-bond donors (Lipinski definition) is 0. The average Bonchev–Trinajstić information content (AvgIpc) is 2.76. The van der Waals surface area contributed by atoms with Gasteiger partial charge in [-0.2, -0.15) is 5.11 Å². The summed E-state index contributed by atoms with van der Waals surface area (Å²) >= 11 is 0. The number of hydrogen-bond acceptors (Lipinski definition) is 3. The van der Waals surface area contributed by atoms with Crippen molar-refractivity contribution in [1.82, 2.24) is 0 Å². The molecule has 2 aromatic rings. The molecule has 1 aliphatic carbocycles. The Morgan fingerprint density at radius 1 is 1.04 bits per heavy atom. The molecule has 0 radical (unpaired) electrons. The summed E-state index contributed by atoms with van der Waals surface area (Å²) < 4.78 is 5.31. The number of benzene rings is 2. The minimum atomic E-state index is -0.0181. The van der Waals surface area contributed by atoms with E-state index in [0.29, 0.717) is 5.92 Å². The second-order valence-corrected chi connectivity index (χ2v) is 6.41. The van der Waals surface area contributed by atoms with Gasteiger partial charge in [0.1, 0.15) is 11.4 Å². The van der Waals surface area contributed by atoms with Gasteiger partial charge in [-0.25, -0.2) is 0 Å². The molecule has 0 N–H and O–H groups in total. The van der Waals surface area contributed by atoms with Gasteiger partial charge in [-0.05, 0) is 28.8 Å². The van der Waals surface area contributed by atoms with Crippen LogP contribution in [0.4, 0.5) is 5.69 Å². The Hall–Kier alpha value is -2.42. The molecule has 0 aliphatic heterocycles. The van der Waals surface area contributed by atoms with Crippen molar-refractivity contribution in [2.24, 2.45) is 10.2 Å². The summed E-state index contributed by atoms with van der Waals surface area (Å²) in [6.45, 7) is 6.73. The Balaban J connectivity index is 1.93. The van der Waals surface area contributed by atoms with Crippen molar-refractivity contribution in [3.63, 3.8) is 0 Å². The van der Waals surface area contributed by atoms with E-state index < -0.39 is 0 Å². The molecule has 0 spiro atoms. The molecule has 2 aromatic carbocycles. The zero-order valence-electron chi connectivity index (χ0n) is 14.1. The third kappa shape index (κ3) is 2.67. The molecule has 3 rings (SSSR count). The molecule has 0 aromatic heterocycles. The number of rotatable bonds is 3. The zero-order valence-corrected chi connectivity index (χ0v) is 14.1. The largest absolute Gasteiger partial charge is 0.494 e. The van der Waals surface area contributed by atoms with Crippen LogP contribution in [-0.4, -0.2) is 7.11 Å². The predicted molar refractivity (Wildman–Crippen MR) is 93.5 cm³/mol. The molecule has 3 heteroatoms. The molecule has 0 saturated carbocycles. The smallest absolute Gasteiger partial charge is 0.146 e. The molecule has 1 unspecified atom stereocenters. The van der Waals surface area contributed by atoms with Crippen LogP contribution in [0.2, 0.25) is 0 Å². The second kappa shape index (κ2) is 5.99. The fraction of sp³-hybridized carbons (Fsp3) is 0.300. The SMILES string of the molecule is COc1ccccc1N=N/C=C1/C(C)c2ccccc2C1(C)C. The zero-order chi connectivity index (χ0) is 16.4. The number of ether oxygens (including phenoxy) is 1. The molecule has 0 saturated heterocycles. The van der Waals surface area contributed by atoms with Gasteiger partial charge in [0, 0.05) is 11.3 Å². The quantitative estimate of drug-likeness (QED) is 0.664. The van der Waals surface area contributed by atoms with Crippen LogP contribution >= 0.6 is 0 Å². The molecule has 1 aliphatic rings. The highest BCUT2D eigenvalue weighted by Gasteiger charge is 2.39. The van der Waals surface area contributed by atoms with Crippen molar-refractivity contribution in [3.05, 3.63) is 71.4 Å². The predicted octanol–water partition coefficient (Wildman–Crippen LogP) is 5.76. The highest BCUT2D eigenvalue weighted by molar-refractivity contribution is 5.53. The topological polar surface area (TPSA) is 34.0 Å². The van der Waals surface area contributed by atoms with Crippen LogP contribution < -0.4 is 4.74 Å². The van der Waals surface area contributed by atoms with Crippen molar-refractivity contribution < 1.29 is 4.74 Å². The fourth-order valence-electron chi connectivity index (χ4n) is 3.45. The average molecular weight is 306 g/mol. The lowest BCUT2D eigenvalue weighted by Crippen LogP contribution is -2.15. The Morgan fingerprint density at radius 2 is 1.74 bits per heavy atom. The molecule has 23 heavy (non-hydrogen) atoms. The van der Waals surface area contributed by atoms with E-state index in [-0.39, 0.29) is 5.41 Å². The second-order valence-electron chi connectivity index (χ2n) is 6.41. The Bertz CT molecular complexity index is 775. The van der Waals surface area contributed by atoms with Gasteiger partial charge in [0.15, 0.2) is 0 Å². The third-order valence-corrected chi connectivity index (χ3v) is 4.74. The van der Waals surface area contributed by atoms with Gasteiger partial charge < -0.3 is 4.74 Å². The number of para-hydroxylation sites is 1. The Labute approximate surface area is 137 Å². The maximum Gasteiger partial charge on any atom is 0.146 e. The molecule has 0 amide bonds. The van der Waals surface area contributed by atoms with Crippen LogP contribution in [0.3, 0.4) is 0 Å². The Kier molecular flexibility index (Phi) is 4.03. The van der Waals surface area contributed by atoms with Crippen LogP contribution in [-0.2, 0) is 5.41 Å². The van der Waals surface area contributed by atoms with E-state index in [2.05, 4.69) is 55.3 Å². The lowest BCUT2D eigenvalue weighted by Gasteiger charge is -2.22. The van der Waals surface area contributed by atoms with Crippen molar-refractivity contribution in [1.29, 1.82) is 0 Å². The van der Waals surface area contributed by atoms with Gasteiger partial charge >= 0.3 is 0 Å². The number of nitrogens with zero attached hydrogens (tertiary/aromatic N) is 2. The Morgan fingerprint density at radius 3 is 2.48 bits per heavy atom. The summed E-state index contributed by atoms with van der Waals surface area (Å²) in [5.74, 6) is 1.09. The van der Waals surface area contributed by atoms with E-state index in [0.717, 1.165) is 11.4 Å². The van der Waals surface area contributed by atoms with Crippen molar-refractivity contribution in [2.75, 3.05) is 7.11 Å². The molecule has 0 fully saturated rings. The summed E-state index contributed by atoms with van der Waals surface area (Å²) in [5.41, 5.74) is 4.78. The lowest BCUT2D eigenvalue weighted by atomic mass is 9.82. The first-order valence-corrected chi connectivity index (χ1v) is 7.89. The van der Waals surface area contributed by atoms with Crippen LogP contribution in [0.1, 0.15) is 37.8 Å². The maximum absolute atomic E-state index is 5.31. The number of azo groups is 1. The summed E-state index contributed by atoms with van der Waals surface area (Å²) in [7, 11) is 1.64. The van der Waals surface area contributed by atoms with E-state index in [1.54, 1.807) is 7.11 Å². The normalized spacial score (nSPS) is 20.9. The van der Waals surface area contributed by atoms with Gasteiger partial charge in [0.2, 0.25) is 0 Å². The lowest BCUT2D eigenvalue weighted by molar-refractivity contribution is 0.416. The number of methoxy groups -OCH3 is 1. The van der Waals surface area contributed by atoms with E-state index in [9.17, 15) is 0 Å². The van der Waals surface area contributed by atoms with Gasteiger partial charge in [0.25, 0.3) is 0 Å². The summed E-state index contributed by atoms with van der Waals surface area (Å²) in [6.07, 6.45) is 1.91. The maximum atomic E-state index is 5.31. The minimum Gasteiger partial charge on any atom is -0.494 e. The number of allylic oxidation sites excluding steroid dienone is 1. The van der Waals surface area contributed by atoms with Gasteiger partial charge in [-0.15, -0.1) is 5.11 Å². The highest BCUT2D eigenvalue weighted by atomic mass is 16.5. The van der Waals surface area contributed by atoms with Gasteiger partial charge in [-0.1, -0.05) is 57.2 Å². The van der Waals surface area contributed by atoms with Gasteiger partial charge in [0.05, 0.1) is 13.3 Å². The first kappa shape index (κ1) is 15.5. The molecule has 118 valence electrons. The number of fused-ring (bicyclic) bond motifs is 1. The van der Waals surface area contributed by atoms with E-state index in [1.165, 1.54) is 16.7 Å². The molecule has 0 bridgehead atoms. The molecular formula is C20H22N2O. The standard InChI is InChI=1S/C20H22N2O/c1-14-15-9-5-6-10-16(15)20(2,3)17(14)13-21-22-18-11-7-8-12-19(18)23-4/h5-14H,1-4H3/b17-13-,22-21?. The first-order valence-electron chi connectivity index (χ1n) is 7.89.